The maximum Gasteiger partial charge on any atom is 0.271 e. The number of rotatable bonds is 16. The van der Waals surface area contributed by atoms with Crippen molar-refractivity contribution < 1.29 is 4.79 Å². The van der Waals surface area contributed by atoms with E-state index in [1.807, 2.05) is 36.0 Å². The monoisotopic (exact) mass is 441 g/mol. The van der Waals surface area contributed by atoms with E-state index in [9.17, 15) is 9.59 Å². The average Bonchev–Trinajstić information content (AvgIpc) is 3.05. The normalized spacial score (nSPS) is 11.1. The van der Waals surface area contributed by atoms with E-state index in [0.29, 0.717) is 0 Å². The first kappa shape index (κ1) is 26.0. The summed E-state index contributed by atoms with van der Waals surface area (Å²) in [6, 6.07) is 9.12. The lowest BCUT2D eigenvalue weighted by atomic mass is 10.0. The summed E-state index contributed by atoms with van der Waals surface area (Å²) in [6.45, 7) is 3.76. The third kappa shape index (κ3) is 9.05. The number of aryl methyl sites for hydroxylation is 1. The molecule has 1 aromatic heterocycles. The SMILES string of the molecule is CCCCCCCCCCCCCCCc1cc(=O)n(-c2ccc(NC(C)=O)cc2)n1C. The molecule has 0 unspecified atom stereocenters. The molecule has 0 aliphatic heterocycles. The Morgan fingerprint density at radius 1 is 0.812 bits per heavy atom. The maximum atomic E-state index is 12.5. The summed E-state index contributed by atoms with van der Waals surface area (Å²) >= 11 is 0. The Morgan fingerprint density at radius 2 is 1.31 bits per heavy atom. The van der Waals surface area contributed by atoms with Crippen LogP contribution in [0.25, 0.3) is 5.69 Å². The zero-order chi connectivity index (χ0) is 23.2. The Morgan fingerprint density at radius 3 is 1.81 bits per heavy atom. The molecule has 0 atom stereocenters. The first-order chi connectivity index (χ1) is 15.5. The predicted molar refractivity (Wildman–Crippen MR) is 135 cm³/mol. The highest BCUT2D eigenvalue weighted by molar-refractivity contribution is 5.88. The van der Waals surface area contributed by atoms with Crippen LogP contribution in [0.1, 0.15) is 103 Å². The smallest absolute Gasteiger partial charge is 0.271 e. The maximum absolute atomic E-state index is 12.5. The lowest BCUT2D eigenvalue weighted by Gasteiger charge is -2.11. The predicted octanol–water partition coefficient (Wildman–Crippen LogP) is 6.77. The molecule has 0 radical (unpaired) electrons. The molecule has 2 aromatic rings. The lowest BCUT2D eigenvalue weighted by molar-refractivity contribution is -0.114. The number of carbonyl (C=O) groups is 1. The minimum atomic E-state index is -0.103. The van der Waals surface area contributed by atoms with Gasteiger partial charge in [-0.25, -0.2) is 4.68 Å². The molecule has 178 valence electrons. The van der Waals surface area contributed by atoms with E-state index in [1.54, 1.807) is 10.7 Å². The number of carbonyl (C=O) groups excluding carboxylic acids is 1. The number of nitrogens with one attached hydrogen (secondary N) is 1. The van der Waals surface area contributed by atoms with E-state index < -0.39 is 0 Å². The highest BCUT2D eigenvalue weighted by Gasteiger charge is 2.10. The van der Waals surface area contributed by atoms with Gasteiger partial charge in [-0.1, -0.05) is 84.0 Å². The summed E-state index contributed by atoms with van der Waals surface area (Å²) in [6.07, 6.45) is 18.4. The molecule has 1 N–H and O–H groups in total. The van der Waals surface area contributed by atoms with Gasteiger partial charge in [-0.3, -0.25) is 14.3 Å². The van der Waals surface area contributed by atoms with Crippen molar-refractivity contribution in [3.05, 3.63) is 46.4 Å². The largest absolute Gasteiger partial charge is 0.326 e. The van der Waals surface area contributed by atoms with E-state index in [1.165, 1.54) is 84.0 Å². The fourth-order valence-electron chi connectivity index (χ4n) is 4.32. The fourth-order valence-corrected chi connectivity index (χ4v) is 4.32. The number of aromatic nitrogens is 2. The van der Waals surface area contributed by atoms with Crippen LogP contribution in [0.2, 0.25) is 0 Å². The van der Waals surface area contributed by atoms with Crippen LogP contribution in [0.3, 0.4) is 0 Å². The number of hydrogen-bond donors (Lipinski definition) is 1. The van der Waals surface area contributed by atoms with Crippen LogP contribution in [0.5, 0.6) is 0 Å². The van der Waals surface area contributed by atoms with Crippen molar-refractivity contribution in [2.24, 2.45) is 7.05 Å². The van der Waals surface area contributed by atoms with E-state index in [0.717, 1.165) is 29.9 Å². The molecule has 2 rings (SSSR count). The fraction of sp³-hybridized carbons (Fsp3) is 0.630. The molecule has 0 aliphatic rings. The highest BCUT2D eigenvalue weighted by Crippen LogP contribution is 2.15. The van der Waals surface area contributed by atoms with Gasteiger partial charge in [0.15, 0.2) is 0 Å². The van der Waals surface area contributed by atoms with Gasteiger partial charge in [0.25, 0.3) is 5.56 Å². The number of benzene rings is 1. The first-order valence-electron chi connectivity index (χ1n) is 12.7. The van der Waals surface area contributed by atoms with Crippen molar-refractivity contribution in [2.75, 3.05) is 5.32 Å². The van der Waals surface area contributed by atoms with Gasteiger partial charge in [-0.05, 0) is 37.1 Å². The number of hydrogen-bond acceptors (Lipinski definition) is 2. The van der Waals surface area contributed by atoms with Gasteiger partial charge >= 0.3 is 0 Å². The van der Waals surface area contributed by atoms with Gasteiger partial charge in [0.2, 0.25) is 5.91 Å². The molecule has 0 spiro atoms. The Kier molecular flexibility index (Phi) is 11.9. The molecule has 0 bridgehead atoms. The summed E-state index contributed by atoms with van der Waals surface area (Å²) < 4.78 is 3.64. The quantitative estimate of drug-likeness (QED) is 0.292. The van der Waals surface area contributed by atoms with Crippen molar-refractivity contribution >= 4 is 11.6 Å². The van der Waals surface area contributed by atoms with Crippen molar-refractivity contribution in [3.63, 3.8) is 0 Å². The molecule has 32 heavy (non-hydrogen) atoms. The number of anilines is 1. The molecule has 1 amide bonds. The standard InChI is InChI=1S/C27H43N3O2/c1-4-5-6-7-8-9-10-11-12-13-14-15-16-17-26-22-27(32)30(29(26)3)25-20-18-24(19-21-25)28-23(2)31/h18-22H,4-17H2,1-3H3,(H,28,31). The zero-order valence-electron chi connectivity index (χ0n) is 20.5. The summed E-state index contributed by atoms with van der Waals surface area (Å²) in [5, 5.41) is 2.75. The lowest BCUT2D eigenvalue weighted by Crippen LogP contribution is -2.19. The van der Waals surface area contributed by atoms with Gasteiger partial charge in [-0.2, -0.15) is 0 Å². The van der Waals surface area contributed by atoms with Crippen molar-refractivity contribution in [2.45, 2.75) is 104 Å². The molecule has 5 nitrogen and oxygen atoms in total. The van der Waals surface area contributed by atoms with Gasteiger partial charge in [0.1, 0.15) is 0 Å². The average molecular weight is 442 g/mol. The van der Waals surface area contributed by atoms with Gasteiger partial charge < -0.3 is 5.32 Å². The molecule has 1 heterocycles. The van der Waals surface area contributed by atoms with E-state index >= 15 is 0 Å². The van der Waals surface area contributed by atoms with Gasteiger partial charge in [0, 0.05) is 31.4 Å². The second-order valence-corrected chi connectivity index (χ2v) is 9.03. The van der Waals surface area contributed by atoms with Crippen LogP contribution >= 0.6 is 0 Å². The number of amides is 1. The Bertz CT molecular complexity index is 849. The topological polar surface area (TPSA) is 56.0 Å². The molecule has 1 aromatic carbocycles. The number of unbranched alkanes of at least 4 members (excludes halogenated alkanes) is 12. The molecule has 0 saturated carbocycles. The van der Waals surface area contributed by atoms with Crippen LogP contribution in [-0.4, -0.2) is 15.3 Å². The molecular weight excluding hydrogens is 398 g/mol. The third-order valence-corrected chi connectivity index (χ3v) is 6.18. The van der Waals surface area contributed by atoms with E-state index in [4.69, 9.17) is 0 Å². The Hall–Kier alpha value is -2.30. The minimum absolute atomic E-state index is 0.00975. The third-order valence-electron chi connectivity index (χ3n) is 6.18. The molecular formula is C27H43N3O2. The second kappa shape index (κ2) is 14.7. The van der Waals surface area contributed by atoms with Crippen LogP contribution < -0.4 is 10.9 Å². The Labute approximate surface area is 194 Å². The highest BCUT2D eigenvalue weighted by atomic mass is 16.1. The summed E-state index contributed by atoms with van der Waals surface area (Å²) in [7, 11) is 1.95. The second-order valence-electron chi connectivity index (χ2n) is 9.03. The van der Waals surface area contributed by atoms with Crippen LogP contribution in [0.15, 0.2) is 35.1 Å². The summed E-state index contributed by atoms with van der Waals surface area (Å²) in [5.41, 5.74) is 2.60. The number of nitrogens with zero attached hydrogens (tertiary/aromatic N) is 2. The molecule has 5 heteroatoms. The van der Waals surface area contributed by atoms with Crippen molar-refractivity contribution in [3.8, 4) is 5.69 Å². The van der Waals surface area contributed by atoms with Crippen LogP contribution in [0, 0.1) is 0 Å². The van der Waals surface area contributed by atoms with Crippen LogP contribution in [0.4, 0.5) is 5.69 Å². The molecule has 0 aliphatic carbocycles. The zero-order valence-corrected chi connectivity index (χ0v) is 20.5. The van der Waals surface area contributed by atoms with Crippen molar-refractivity contribution in [1.82, 2.24) is 9.36 Å². The Balaban J connectivity index is 1.65. The first-order valence-corrected chi connectivity index (χ1v) is 12.7. The van der Waals surface area contributed by atoms with E-state index in [2.05, 4.69) is 12.2 Å². The molecule has 0 saturated heterocycles. The van der Waals surface area contributed by atoms with E-state index in [-0.39, 0.29) is 11.5 Å². The van der Waals surface area contributed by atoms with Crippen molar-refractivity contribution in [1.29, 1.82) is 0 Å². The molecule has 0 fully saturated rings. The summed E-state index contributed by atoms with van der Waals surface area (Å²) in [4.78, 5) is 23.7. The van der Waals surface area contributed by atoms with Gasteiger partial charge in [-0.15, -0.1) is 0 Å². The summed E-state index contributed by atoms with van der Waals surface area (Å²) in [5.74, 6) is -0.103. The van der Waals surface area contributed by atoms with Crippen LogP contribution in [-0.2, 0) is 18.3 Å². The minimum Gasteiger partial charge on any atom is -0.326 e. The van der Waals surface area contributed by atoms with Gasteiger partial charge in [0.05, 0.1) is 5.69 Å².